The van der Waals surface area contributed by atoms with Gasteiger partial charge in [-0.05, 0) is 36.4 Å². The number of fused-ring (bicyclic) bond motifs is 1. The summed E-state index contributed by atoms with van der Waals surface area (Å²) in [5, 5.41) is 6.87. The highest BCUT2D eigenvalue weighted by Gasteiger charge is 2.25. The Balaban J connectivity index is 1.87. The molecule has 0 aromatic heterocycles. The Kier molecular flexibility index (Phi) is 5.80. The Morgan fingerprint density at radius 2 is 2.10 bits per heavy atom. The molecule has 0 aliphatic carbocycles. The first-order valence-electron chi connectivity index (χ1n) is 8.17. The lowest BCUT2D eigenvalue weighted by molar-refractivity contribution is -0.109. The fraction of sp³-hybridized carbons (Fsp3) is 0.611. The summed E-state index contributed by atoms with van der Waals surface area (Å²) in [6.45, 7) is 8.61. The Bertz CT molecular complexity index is 460. The van der Waals surface area contributed by atoms with E-state index in [1.807, 2.05) is 0 Å². The van der Waals surface area contributed by atoms with Gasteiger partial charge in [-0.3, -0.25) is 0 Å². The van der Waals surface area contributed by atoms with E-state index in [0.29, 0.717) is 17.8 Å². The number of nitrogens with one attached hydrogen (secondary N) is 2. The summed E-state index contributed by atoms with van der Waals surface area (Å²) in [4.78, 5) is 11.4. The fourth-order valence-corrected chi connectivity index (χ4v) is 3.00. The fourth-order valence-electron chi connectivity index (χ4n) is 3.00. The number of anilines is 1. The Labute approximate surface area is 128 Å². The van der Waals surface area contributed by atoms with Crippen molar-refractivity contribution in [2.75, 3.05) is 18.4 Å². The van der Waals surface area contributed by atoms with Crippen LogP contribution < -0.4 is 10.6 Å². The number of hydrogen-bond donors (Lipinski definition) is 2. The third-order valence-corrected chi connectivity index (χ3v) is 4.96. The highest BCUT2D eigenvalue weighted by Crippen LogP contribution is 2.33. The molecule has 0 radical (unpaired) electrons. The SMILES string of the molecule is CCC(C)C(C)CNC(C=O)CC1CNc2ccccc21. The van der Waals surface area contributed by atoms with E-state index in [0.717, 1.165) is 25.8 Å². The third kappa shape index (κ3) is 4.07. The van der Waals surface area contributed by atoms with Gasteiger partial charge in [-0.25, -0.2) is 0 Å². The molecule has 3 nitrogen and oxygen atoms in total. The predicted molar refractivity (Wildman–Crippen MR) is 88.8 cm³/mol. The standard InChI is InChI=1S/C18H28N2O/c1-4-13(2)14(3)10-19-16(12-21)9-15-11-20-18-8-6-5-7-17(15)18/h5-8,12-16,19-20H,4,9-11H2,1-3H3. The van der Waals surface area contributed by atoms with Gasteiger partial charge in [0, 0.05) is 18.2 Å². The van der Waals surface area contributed by atoms with E-state index in [4.69, 9.17) is 0 Å². The molecule has 4 unspecified atom stereocenters. The molecule has 2 rings (SSSR count). The highest BCUT2D eigenvalue weighted by molar-refractivity contribution is 5.61. The molecule has 4 atom stereocenters. The van der Waals surface area contributed by atoms with Crippen LogP contribution in [0, 0.1) is 11.8 Å². The molecule has 3 heteroatoms. The van der Waals surface area contributed by atoms with Gasteiger partial charge in [-0.1, -0.05) is 45.4 Å². The quantitative estimate of drug-likeness (QED) is 0.720. The maximum Gasteiger partial charge on any atom is 0.136 e. The first-order valence-corrected chi connectivity index (χ1v) is 8.17. The van der Waals surface area contributed by atoms with Crippen LogP contribution in [0.15, 0.2) is 24.3 Å². The first kappa shape index (κ1) is 16.0. The number of carbonyl (C=O) groups excluding carboxylic acids is 1. The molecular weight excluding hydrogens is 260 g/mol. The number of benzene rings is 1. The Morgan fingerprint density at radius 3 is 2.81 bits per heavy atom. The van der Waals surface area contributed by atoms with E-state index >= 15 is 0 Å². The average Bonchev–Trinajstić information content (AvgIpc) is 2.93. The van der Waals surface area contributed by atoms with Gasteiger partial charge in [0.15, 0.2) is 0 Å². The molecule has 1 aliphatic rings. The number of hydrogen-bond acceptors (Lipinski definition) is 3. The van der Waals surface area contributed by atoms with E-state index in [9.17, 15) is 4.79 Å². The Morgan fingerprint density at radius 1 is 1.33 bits per heavy atom. The van der Waals surface area contributed by atoms with Crippen LogP contribution in [0.3, 0.4) is 0 Å². The zero-order chi connectivity index (χ0) is 15.2. The topological polar surface area (TPSA) is 41.1 Å². The molecule has 1 heterocycles. The van der Waals surface area contributed by atoms with E-state index in [-0.39, 0.29) is 6.04 Å². The molecule has 0 spiro atoms. The molecule has 0 fully saturated rings. The summed E-state index contributed by atoms with van der Waals surface area (Å²) in [7, 11) is 0. The van der Waals surface area contributed by atoms with Crippen molar-refractivity contribution in [3.8, 4) is 0 Å². The molecule has 0 saturated heterocycles. The lowest BCUT2D eigenvalue weighted by Gasteiger charge is -2.22. The van der Waals surface area contributed by atoms with Crippen molar-refractivity contribution < 1.29 is 4.79 Å². The number of rotatable bonds is 8. The lowest BCUT2D eigenvalue weighted by Crippen LogP contribution is -2.36. The minimum Gasteiger partial charge on any atom is -0.384 e. The maximum atomic E-state index is 11.4. The average molecular weight is 288 g/mol. The largest absolute Gasteiger partial charge is 0.384 e. The predicted octanol–water partition coefficient (Wildman–Crippen LogP) is 3.43. The van der Waals surface area contributed by atoms with Crippen LogP contribution in [0.25, 0.3) is 0 Å². The van der Waals surface area contributed by atoms with Crippen LogP contribution in [0.5, 0.6) is 0 Å². The van der Waals surface area contributed by atoms with Crippen molar-refractivity contribution in [1.29, 1.82) is 0 Å². The minimum atomic E-state index is -0.0468. The molecule has 0 saturated carbocycles. The first-order chi connectivity index (χ1) is 10.2. The van der Waals surface area contributed by atoms with Crippen molar-refractivity contribution in [3.05, 3.63) is 29.8 Å². The van der Waals surface area contributed by atoms with E-state index in [1.165, 1.54) is 17.7 Å². The van der Waals surface area contributed by atoms with Crippen LogP contribution in [0.2, 0.25) is 0 Å². The van der Waals surface area contributed by atoms with E-state index in [1.54, 1.807) is 0 Å². The van der Waals surface area contributed by atoms with Crippen molar-refractivity contribution in [1.82, 2.24) is 5.32 Å². The maximum absolute atomic E-state index is 11.4. The van der Waals surface area contributed by atoms with Gasteiger partial charge < -0.3 is 15.4 Å². The van der Waals surface area contributed by atoms with Gasteiger partial charge in [-0.15, -0.1) is 0 Å². The minimum absolute atomic E-state index is 0.0468. The number of carbonyl (C=O) groups is 1. The summed E-state index contributed by atoms with van der Waals surface area (Å²) in [6.07, 6.45) is 3.14. The second kappa shape index (κ2) is 7.60. The summed E-state index contributed by atoms with van der Waals surface area (Å²) in [5.41, 5.74) is 2.57. The van der Waals surface area contributed by atoms with E-state index < -0.39 is 0 Å². The van der Waals surface area contributed by atoms with Crippen molar-refractivity contribution in [2.45, 2.75) is 45.6 Å². The summed E-state index contributed by atoms with van der Waals surface area (Å²) < 4.78 is 0. The van der Waals surface area contributed by atoms with Crippen LogP contribution in [0.1, 0.15) is 45.1 Å². The summed E-state index contributed by atoms with van der Waals surface area (Å²) >= 11 is 0. The molecule has 1 aromatic rings. The van der Waals surface area contributed by atoms with Crippen LogP contribution in [-0.2, 0) is 4.79 Å². The van der Waals surface area contributed by atoms with Crippen molar-refractivity contribution in [3.63, 3.8) is 0 Å². The smallest absolute Gasteiger partial charge is 0.136 e. The van der Waals surface area contributed by atoms with Gasteiger partial charge in [0.2, 0.25) is 0 Å². The molecular formula is C18H28N2O. The van der Waals surface area contributed by atoms with Gasteiger partial charge in [0.1, 0.15) is 6.29 Å². The molecule has 0 bridgehead atoms. The van der Waals surface area contributed by atoms with Crippen LogP contribution in [0.4, 0.5) is 5.69 Å². The van der Waals surface area contributed by atoms with Gasteiger partial charge >= 0.3 is 0 Å². The second-order valence-electron chi connectivity index (χ2n) is 6.41. The van der Waals surface area contributed by atoms with Crippen molar-refractivity contribution in [2.24, 2.45) is 11.8 Å². The normalized spacial score (nSPS) is 21.2. The lowest BCUT2D eigenvalue weighted by atomic mass is 9.92. The van der Waals surface area contributed by atoms with Crippen molar-refractivity contribution >= 4 is 12.0 Å². The molecule has 1 aliphatic heterocycles. The molecule has 116 valence electrons. The zero-order valence-corrected chi connectivity index (χ0v) is 13.4. The number of aldehydes is 1. The summed E-state index contributed by atoms with van der Waals surface area (Å²) in [6, 6.07) is 8.37. The zero-order valence-electron chi connectivity index (χ0n) is 13.4. The monoisotopic (exact) mass is 288 g/mol. The molecule has 1 aromatic carbocycles. The number of para-hydroxylation sites is 1. The Hall–Kier alpha value is -1.35. The van der Waals surface area contributed by atoms with E-state index in [2.05, 4.69) is 55.7 Å². The van der Waals surface area contributed by atoms with Gasteiger partial charge in [-0.2, -0.15) is 0 Å². The van der Waals surface area contributed by atoms with Crippen LogP contribution >= 0.6 is 0 Å². The molecule has 0 amide bonds. The highest BCUT2D eigenvalue weighted by atomic mass is 16.1. The summed E-state index contributed by atoms with van der Waals surface area (Å²) in [5.74, 6) is 1.73. The molecule has 21 heavy (non-hydrogen) atoms. The third-order valence-electron chi connectivity index (χ3n) is 4.96. The molecule has 2 N–H and O–H groups in total. The van der Waals surface area contributed by atoms with Gasteiger partial charge in [0.25, 0.3) is 0 Å². The van der Waals surface area contributed by atoms with Gasteiger partial charge in [0.05, 0.1) is 6.04 Å². The second-order valence-corrected chi connectivity index (χ2v) is 6.41. The van der Waals surface area contributed by atoms with Crippen LogP contribution in [-0.4, -0.2) is 25.4 Å².